The lowest BCUT2D eigenvalue weighted by molar-refractivity contribution is -0.145. The summed E-state index contributed by atoms with van der Waals surface area (Å²) in [7, 11) is -2.55. The molecule has 1 aliphatic rings. The largest absolute Gasteiger partial charge is 0.497 e. The highest BCUT2D eigenvalue weighted by molar-refractivity contribution is 7.89. The molecule has 4 rings (SSSR count). The Morgan fingerprint density at radius 1 is 1.13 bits per heavy atom. The van der Waals surface area contributed by atoms with Crippen LogP contribution in [0.4, 0.5) is 0 Å². The Bertz CT molecular complexity index is 1370. The molecule has 8 nitrogen and oxygen atoms in total. The van der Waals surface area contributed by atoms with Gasteiger partial charge in [0.15, 0.2) is 5.54 Å². The molecule has 1 atom stereocenters. The molecule has 0 spiro atoms. The highest BCUT2D eigenvalue weighted by Crippen LogP contribution is 2.45. The summed E-state index contributed by atoms with van der Waals surface area (Å²) < 4.78 is 35.1. The Morgan fingerprint density at radius 2 is 1.87 bits per heavy atom. The minimum atomic E-state index is -4.08. The molecule has 0 unspecified atom stereocenters. The number of hydrogen-bond donors (Lipinski definition) is 2. The summed E-state index contributed by atoms with van der Waals surface area (Å²) in [5, 5.41) is 0.999. The van der Waals surface area contributed by atoms with E-state index in [2.05, 4.69) is 24.0 Å². The number of nitrogens with zero attached hydrogens (tertiary/aromatic N) is 1. The van der Waals surface area contributed by atoms with Crippen molar-refractivity contribution >= 4 is 26.8 Å². The summed E-state index contributed by atoms with van der Waals surface area (Å²) in [6.07, 6.45) is 7.09. The molecule has 0 radical (unpaired) electrons. The highest BCUT2D eigenvalue weighted by Gasteiger charge is 2.55. The summed E-state index contributed by atoms with van der Waals surface area (Å²) in [4.78, 5) is 23.1. The average Bonchev–Trinajstić information content (AvgIpc) is 3.32. The van der Waals surface area contributed by atoms with E-state index in [1.807, 2.05) is 24.3 Å². The second-order valence-electron chi connectivity index (χ2n) is 9.58. The predicted molar refractivity (Wildman–Crippen MR) is 148 cm³/mol. The quantitative estimate of drug-likeness (QED) is 0.176. The van der Waals surface area contributed by atoms with Crippen LogP contribution in [0.25, 0.3) is 10.9 Å². The third-order valence-corrected chi connectivity index (χ3v) is 9.19. The summed E-state index contributed by atoms with van der Waals surface area (Å²) in [5.74, 6) is 0.0395. The number of rotatable bonds is 13. The summed E-state index contributed by atoms with van der Waals surface area (Å²) >= 11 is 0. The van der Waals surface area contributed by atoms with Gasteiger partial charge in [-0.25, -0.2) is 13.9 Å². The first-order chi connectivity index (χ1) is 18.4. The van der Waals surface area contributed by atoms with Crippen molar-refractivity contribution in [3.05, 3.63) is 72.4 Å². The third kappa shape index (κ3) is 5.23. The van der Waals surface area contributed by atoms with Crippen LogP contribution in [-0.2, 0) is 31.6 Å². The van der Waals surface area contributed by atoms with Gasteiger partial charge in [-0.3, -0.25) is 9.63 Å². The van der Waals surface area contributed by atoms with Crippen LogP contribution in [0.1, 0.15) is 56.7 Å². The van der Waals surface area contributed by atoms with Gasteiger partial charge < -0.3 is 9.72 Å². The van der Waals surface area contributed by atoms with E-state index in [4.69, 9.17) is 9.57 Å². The van der Waals surface area contributed by atoms with Crippen molar-refractivity contribution in [1.29, 1.82) is 0 Å². The number of unbranched alkanes of at least 4 members (excludes halogenated alkanes) is 4. The van der Waals surface area contributed by atoms with E-state index in [9.17, 15) is 13.2 Å². The van der Waals surface area contributed by atoms with Gasteiger partial charge in [0.1, 0.15) is 5.75 Å². The van der Waals surface area contributed by atoms with Gasteiger partial charge in [-0.1, -0.05) is 63.3 Å². The van der Waals surface area contributed by atoms with Crippen molar-refractivity contribution in [2.75, 3.05) is 20.3 Å². The van der Waals surface area contributed by atoms with Gasteiger partial charge in [0.25, 0.3) is 5.91 Å². The van der Waals surface area contributed by atoms with Crippen LogP contribution in [0.2, 0.25) is 0 Å². The summed E-state index contributed by atoms with van der Waals surface area (Å²) in [5.41, 5.74) is 3.48. The molecule has 204 valence electrons. The van der Waals surface area contributed by atoms with Gasteiger partial charge in [0.2, 0.25) is 10.0 Å². The van der Waals surface area contributed by atoms with Gasteiger partial charge >= 0.3 is 0 Å². The lowest BCUT2D eigenvalue weighted by Crippen LogP contribution is -2.61. The smallest absolute Gasteiger partial charge is 0.271 e. The fourth-order valence-corrected chi connectivity index (χ4v) is 7.11. The maximum Gasteiger partial charge on any atom is 0.271 e. The lowest BCUT2D eigenvalue weighted by atomic mass is 9.81. The zero-order valence-corrected chi connectivity index (χ0v) is 23.0. The van der Waals surface area contributed by atoms with E-state index in [1.165, 1.54) is 29.6 Å². The number of sulfonamides is 1. The molecule has 2 heterocycles. The number of benzene rings is 2. The Kier molecular flexibility index (Phi) is 8.91. The molecule has 3 aromatic rings. The first-order valence-corrected chi connectivity index (χ1v) is 14.6. The molecule has 1 amide bonds. The van der Waals surface area contributed by atoms with E-state index in [0.29, 0.717) is 30.7 Å². The van der Waals surface area contributed by atoms with Crippen molar-refractivity contribution in [2.45, 2.75) is 62.3 Å². The molecule has 0 saturated carbocycles. The topological polar surface area (TPSA) is 101 Å². The molecule has 1 aliphatic heterocycles. The zero-order chi connectivity index (χ0) is 27.2. The number of carbonyl (C=O) groups excluding carboxylic acids is 1. The summed E-state index contributed by atoms with van der Waals surface area (Å²) in [6, 6.07) is 14.1. The number of nitrogens with one attached hydrogen (secondary N) is 2. The van der Waals surface area contributed by atoms with Crippen LogP contribution in [0, 0.1) is 0 Å². The van der Waals surface area contributed by atoms with Gasteiger partial charge in [0.05, 0.1) is 24.3 Å². The van der Waals surface area contributed by atoms with Crippen molar-refractivity contribution < 1.29 is 22.8 Å². The first-order valence-electron chi connectivity index (χ1n) is 13.2. The number of para-hydroxylation sites is 1. The monoisotopic (exact) mass is 539 g/mol. The SMILES string of the molecule is C=CCONC(=O)[C@@]1(CCCCCCC)c2[nH]c3ccccc3c2CCN1S(=O)(=O)c1ccc(OC)cc1. The molecule has 0 bridgehead atoms. The molecule has 0 saturated heterocycles. The fraction of sp³-hybridized carbons (Fsp3) is 0.414. The van der Waals surface area contributed by atoms with Crippen molar-refractivity contribution in [1.82, 2.24) is 14.8 Å². The van der Waals surface area contributed by atoms with E-state index in [-0.39, 0.29) is 18.0 Å². The molecular weight excluding hydrogens is 502 g/mol. The van der Waals surface area contributed by atoms with E-state index < -0.39 is 21.5 Å². The third-order valence-electron chi connectivity index (χ3n) is 7.25. The molecule has 1 aromatic heterocycles. The van der Waals surface area contributed by atoms with Crippen LogP contribution in [0.15, 0.2) is 66.1 Å². The standard InChI is InChI=1S/C29H37N3O5S/c1-4-6-7-8-11-19-29(28(33)31-37-21-5-2)27-25(24-12-9-10-13-26(24)30-27)18-20-32(29)38(34,35)23-16-14-22(36-3)15-17-23/h5,9-10,12-17,30H,2,4,6-8,11,18-21H2,1,3H3,(H,31,33)/t29-/m1/s1. The Labute approximate surface area is 225 Å². The Hall–Kier alpha value is -3.14. The van der Waals surface area contributed by atoms with Crippen LogP contribution < -0.4 is 10.2 Å². The number of hydrogen-bond acceptors (Lipinski definition) is 5. The number of aromatic nitrogens is 1. The van der Waals surface area contributed by atoms with Gasteiger partial charge in [0, 0.05) is 17.4 Å². The molecular formula is C29H37N3O5S. The average molecular weight is 540 g/mol. The Balaban J connectivity index is 1.87. The second kappa shape index (κ2) is 12.1. The minimum absolute atomic E-state index is 0.100. The molecule has 2 N–H and O–H groups in total. The lowest BCUT2D eigenvalue weighted by Gasteiger charge is -2.44. The van der Waals surface area contributed by atoms with Crippen molar-refractivity contribution in [3.8, 4) is 5.75 Å². The molecule has 0 aliphatic carbocycles. The number of aromatic amines is 1. The van der Waals surface area contributed by atoms with Gasteiger partial charge in [-0.15, -0.1) is 6.58 Å². The predicted octanol–water partition coefficient (Wildman–Crippen LogP) is 5.21. The maximum atomic E-state index is 14.2. The number of amides is 1. The number of methoxy groups -OCH3 is 1. The van der Waals surface area contributed by atoms with Gasteiger partial charge in [-0.05, 0) is 48.7 Å². The molecule has 9 heteroatoms. The fourth-order valence-electron chi connectivity index (χ4n) is 5.37. The normalized spacial score (nSPS) is 17.7. The molecule has 0 fully saturated rings. The number of carbonyl (C=O) groups is 1. The highest BCUT2D eigenvalue weighted by atomic mass is 32.2. The Morgan fingerprint density at radius 3 is 2.58 bits per heavy atom. The van der Waals surface area contributed by atoms with Crippen LogP contribution in [-0.4, -0.2) is 43.9 Å². The van der Waals surface area contributed by atoms with Gasteiger partial charge in [-0.2, -0.15) is 4.31 Å². The van der Waals surface area contributed by atoms with E-state index >= 15 is 0 Å². The van der Waals surface area contributed by atoms with Crippen LogP contribution in [0.3, 0.4) is 0 Å². The molecule has 38 heavy (non-hydrogen) atoms. The molecule has 2 aromatic carbocycles. The van der Waals surface area contributed by atoms with Crippen LogP contribution >= 0.6 is 0 Å². The van der Waals surface area contributed by atoms with Crippen molar-refractivity contribution in [3.63, 3.8) is 0 Å². The first kappa shape index (κ1) is 27.9. The van der Waals surface area contributed by atoms with E-state index in [1.54, 1.807) is 12.1 Å². The number of fused-ring (bicyclic) bond motifs is 3. The zero-order valence-electron chi connectivity index (χ0n) is 22.2. The number of hydroxylamine groups is 1. The number of ether oxygens (including phenoxy) is 1. The number of H-pyrrole nitrogens is 1. The van der Waals surface area contributed by atoms with Crippen molar-refractivity contribution in [2.24, 2.45) is 0 Å². The van der Waals surface area contributed by atoms with Crippen LogP contribution in [0.5, 0.6) is 5.75 Å². The second-order valence-corrected chi connectivity index (χ2v) is 11.4. The minimum Gasteiger partial charge on any atom is -0.497 e. The maximum absolute atomic E-state index is 14.2. The van der Waals surface area contributed by atoms with E-state index in [0.717, 1.165) is 42.1 Å². The summed E-state index contributed by atoms with van der Waals surface area (Å²) in [6.45, 7) is 6.05.